The summed E-state index contributed by atoms with van der Waals surface area (Å²) >= 11 is 0. The van der Waals surface area contributed by atoms with Crippen molar-refractivity contribution in [3.63, 3.8) is 0 Å². The smallest absolute Gasteiger partial charge is 0.0139 e. The summed E-state index contributed by atoms with van der Waals surface area (Å²) in [4.78, 5) is 0. The van der Waals surface area contributed by atoms with Crippen LogP contribution in [0.2, 0.25) is 0 Å². The average Bonchev–Trinajstić information content (AvgIpc) is 2.30. The molecule has 1 aromatic rings. The molecule has 17 heavy (non-hydrogen) atoms. The number of benzene rings is 1. The lowest BCUT2D eigenvalue weighted by molar-refractivity contribution is 0.254. The van der Waals surface area contributed by atoms with Gasteiger partial charge in [-0.05, 0) is 36.7 Å². The van der Waals surface area contributed by atoms with Crippen molar-refractivity contribution in [2.75, 3.05) is 0 Å². The first-order valence-electron chi connectivity index (χ1n) is 6.46. The summed E-state index contributed by atoms with van der Waals surface area (Å²) in [6, 6.07) is 10.8. The van der Waals surface area contributed by atoms with Crippen molar-refractivity contribution in [3.8, 4) is 0 Å². The van der Waals surface area contributed by atoms with Gasteiger partial charge in [-0.2, -0.15) is 0 Å². The highest BCUT2D eigenvalue weighted by molar-refractivity contribution is 5.22. The van der Waals surface area contributed by atoms with Crippen LogP contribution in [0, 0.1) is 11.3 Å². The Hall–Kier alpha value is -1.30. The minimum Gasteiger partial charge on any atom is -0.0806 e. The Balaban J connectivity index is 2.09. The lowest BCUT2D eigenvalue weighted by Crippen LogP contribution is -2.26. The topological polar surface area (TPSA) is 0 Å². The first kappa shape index (κ1) is 12.2. The third-order valence-electron chi connectivity index (χ3n) is 3.77. The second-order valence-electron chi connectivity index (χ2n) is 5.86. The Morgan fingerprint density at radius 3 is 2.53 bits per heavy atom. The molecule has 0 amide bonds. The summed E-state index contributed by atoms with van der Waals surface area (Å²) in [5.74, 6) is 0.660. The maximum absolute atomic E-state index is 2.38. The highest BCUT2D eigenvalue weighted by Crippen LogP contribution is 2.37. The van der Waals surface area contributed by atoms with Crippen LogP contribution >= 0.6 is 0 Å². The van der Waals surface area contributed by atoms with Crippen LogP contribution in [0.25, 0.3) is 0 Å². The van der Waals surface area contributed by atoms with Gasteiger partial charge in [0.15, 0.2) is 0 Å². The first-order chi connectivity index (χ1) is 8.08. The van der Waals surface area contributed by atoms with Crippen LogP contribution in [0.5, 0.6) is 0 Å². The van der Waals surface area contributed by atoms with E-state index in [-0.39, 0.29) is 0 Å². The summed E-state index contributed by atoms with van der Waals surface area (Å²) in [6.45, 7) is 7.00. The summed E-state index contributed by atoms with van der Waals surface area (Å²) in [5, 5.41) is 0. The molecular formula is C17H22. The molecule has 0 heteroatoms. The van der Waals surface area contributed by atoms with E-state index >= 15 is 0 Å². The van der Waals surface area contributed by atoms with Gasteiger partial charge in [0, 0.05) is 0 Å². The number of allylic oxidation sites excluding steroid dienone is 4. The molecule has 0 heterocycles. The lowest BCUT2D eigenvalue weighted by Gasteiger charge is -2.34. The molecule has 90 valence electrons. The van der Waals surface area contributed by atoms with Crippen molar-refractivity contribution in [1.29, 1.82) is 0 Å². The van der Waals surface area contributed by atoms with Crippen molar-refractivity contribution in [2.45, 2.75) is 33.6 Å². The lowest BCUT2D eigenvalue weighted by atomic mass is 9.70. The van der Waals surface area contributed by atoms with Crippen LogP contribution in [0.15, 0.2) is 54.1 Å². The molecule has 1 atom stereocenters. The van der Waals surface area contributed by atoms with E-state index in [2.05, 4.69) is 69.3 Å². The molecule has 0 spiro atoms. The molecule has 1 aromatic carbocycles. The fraction of sp³-hybridized carbons (Fsp3) is 0.412. The SMILES string of the molecule is CC1=CC=CC(C(C)(C)Cc2ccccc2)C1. The third-order valence-corrected chi connectivity index (χ3v) is 3.77. The minimum atomic E-state index is 0.327. The zero-order valence-corrected chi connectivity index (χ0v) is 11.1. The first-order valence-corrected chi connectivity index (χ1v) is 6.46. The van der Waals surface area contributed by atoms with Crippen molar-refractivity contribution in [3.05, 3.63) is 59.7 Å². The summed E-state index contributed by atoms with van der Waals surface area (Å²) in [6.07, 6.45) is 9.17. The molecule has 0 fully saturated rings. The molecule has 0 aromatic heterocycles. The minimum absolute atomic E-state index is 0.327. The molecule has 1 aliphatic rings. The normalized spacial score (nSPS) is 20.2. The quantitative estimate of drug-likeness (QED) is 0.696. The van der Waals surface area contributed by atoms with Gasteiger partial charge in [0.25, 0.3) is 0 Å². The average molecular weight is 226 g/mol. The maximum Gasteiger partial charge on any atom is -0.0139 e. The Labute approximate surface area is 105 Å². The Morgan fingerprint density at radius 2 is 1.88 bits per heavy atom. The number of hydrogen-bond donors (Lipinski definition) is 0. The van der Waals surface area contributed by atoms with E-state index in [0.717, 1.165) is 6.42 Å². The van der Waals surface area contributed by atoms with Crippen LogP contribution in [0.1, 0.15) is 32.8 Å². The standard InChI is InChI=1S/C17H22/c1-14-8-7-11-16(12-14)17(2,3)13-15-9-5-4-6-10-15/h4-11,16H,12-13H2,1-3H3. The van der Waals surface area contributed by atoms with Gasteiger partial charge >= 0.3 is 0 Å². The van der Waals surface area contributed by atoms with E-state index < -0.39 is 0 Å². The number of hydrogen-bond acceptors (Lipinski definition) is 0. The molecule has 1 unspecified atom stereocenters. The van der Waals surface area contributed by atoms with Crippen LogP contribution in [-0.2, 0) is 6.42 Å². The monoisotopic (exact) mass is 226 g/mol. The predicted molar refractivity (Wildman–Crippen MR) is 74.9 cm³/mol. The zero-order valence-electron chi connectivity index (χ0n) is 11.1. The Bertz CT molecular complexity index is 421. The fourth-order valence-corrected chi connectivity index (χ4v) is 2.63. The Morgan fingerprint density at radius 1 is 1.18 bits per heavy atom. The van der Waals surface area contributed by atoms with E-state index in [0.29, 0.717) is 11.3 Å². The molecule has 0 bridgehead atoms. The van der Waals surface area contributed by atoms with Crippen LogP contribution < -0.4 is 0 Å². The van der Waals surface area contributed by atoms with E-state index in [4.69, 9.17) is 0 Å². The van der Waals surface area contributed by atoms with Crippen molar-refractivity contribution >= 4 is 0 Å². The largest absolute Gasteiger partial charge is 0.0806 e. The van der Waals surface area contributed by atoms with Crippen LogP contribution in [-0.4, -0.2) is 0 Å². The van der Waals surface area contributed by atoms with E-state index in [9.17, 15) is 0 Å². The van der Waals surface area contributed by atoms with Crippen molar-refractivity contribution in [1.82, 2.24) is 0 Å². The maximum atomic E-state index is 2.38. The van der Waals surface area contributed by atoms with E-state index in [1.807, 2.05) is 0 Å². The molecule has 1 aliphatic carbocycles. The van der Waals surface area contributed by atoms with Gasteiger partial charge < -0.3 is 0 Å². The second-order valence-corrected chi connectivity index (χ2v) is 5.86. The van der Waals surface area contributed by atoms with Gasteiger partial charge in [-0.1, -0.05) is 68.0 Å². The van der Waals surface area contributed by atoms with Gasteiger partial charge in [0.2, 0.25) is 0 Å². The van der Waals surface area contributed by atoms with E-state index in [1.165, 1.54) is 17.6 Å². The molecule has 0 radical (unpaired) electrons. The molecule has 2 rings (SSSR count). The molecule has 0 aliphatic heterocycles. The van der Waals surface area contributed by atoms with Gasteiger partial charge in [0.05, 0.1) is 0 Å². The van der Waals surface area contributed by atoms with Crippen molar-refractivity contribution in [2.24, 2.45) is 11.3 Å². The molecule has 0 nitrogen and oxygen atoms in total. The van der Waals surface area contributed by atoms with Crippen molar-refractivity contribution < 1.29 is 0 Å². The predicted octanol–water partition coefficient (Wildman–Crippen LogP) is 4.78. The highest BCUT2D eigenvalue weighted by Gasteiger charge is 2.28. The second kappa shape index (κ2) is 4.91. The summed E-state index contributed by atoms with van der Waals surface area (Å²) in [5.41, 5.74) is 3.27. The summed E-state index contributed by atoms with van der Waals surface area (Å²) < 4.78 is 0. The summed E-state index contributed by atoms with van der Waals surface area (Å²) in [7, 11) is 0. The van der Waals surface area contributed by atoms with Crippen LogP contribution in [0.3, 0.4) is 0 Å². The Kier molecular flexibility index (Phi) is 3.51. The molecule has 0 N–H and O–H groups in total. The third kappa shape index (κ3) is 3.09. The van der Waals surface area contributed by atoms with E-state index in [1.54, 1.807) is 0 Å². The van der Waals surface area contributed by atoms with Gasteiger partial charge in [-0.25, -0.2) is 0 Å². The number of rotatable bonds is 3. The fourth-order valence-electron chi connectivity index (χ4n) is 2.63. The van der Waals surface area contributed by atoms with Crippen LogP contribution in [0.4, 0.5) is 0 Å². The molecular weight excluding hydrogens is 204 g/mol. The van der Waals surface area contributed by atoms with Gasteiger partial charge in [0.1, 0.15) is 0 Å². The zero-order chi connectivity index (χ0) is 12.3. The molecule has 0 saturated carbocycles. The van der Waals surface area contributed by atoms with Gasteiger partial charge in [-0.3, -0.25) is 0 Å². The highest BCUT2D eigenvalue weighted by atomic mass is 14.3. The molecule has 0 saturated heterocycles. The van der Waals surface area contributed by atoms with Gasteiger partial charge in [-0.15, -0.1) is 0 Å².